The Morgan fingerprint density at radius 3 is 2.82 bits per heavy atom. The van der Waals surface area contributed by atoms with Crippen molar-refractivity contribution in [2.75, 3.05) is 0 Å². The Kier molecular flexibility index (Phi) is 3.23. The average molecular weight is 298 g/mol. The highest BCUT2D eigenvalue weighted by molar-refractivity contribution is 5.87. The molecule has 0 heterocycles. The van der Waals surface area contributed by atoms with Crippen molar-refractivity contribution < 1.29 is 4.79 Å². The van der Waals surface area contributed by atoms with Crippen LogP contribution < -0.4 is 0 Å². The molecule has 0 aliphatic heterocycles. The summed E-state index contributed by atoms with van der Waals surface area (Å²) >= 11 is 0. The first kappa shape index (κ1) is 14.7. The van der Waals surface area contributed by atoms with Crippen molar-refractivity contribution in [2.24, 2.45) is 34.5 Å². The van der Waals surface area contributed by atoms with Gasteiger partial charge in [-0.2, -0.15) is 0 Å². The second-order valence-electron chi connectivity index (χ2n) is 8.85. The maximum Gasteiger partial charge on any atom is 0.139 e. The van der Waals surface area contributed by atoms with Crippen LogP contribution in [0, 0.1) is 34.5 Å². The lowest BCUT2D eigenvalue weighted by Gasteiger charge is -2.57. The van der Waals surface area contributed by atoms with Gasteiger partial charge in [0.2, 0.25) is 0 Å². The fourth-order valence-electron chi connectivity index (χ4n) is 6.70. The zero-order valence-electron chi connectivity index (χ0n) is 14.2. The minimum absolute atomic E-state index is 0.00315. The minimum Gasteiger partial charge on any atom is -0.299 e. The zero-order chi connectivity index (χ0) is 15.5. The van der Waals surface area contributed by atoms with Crippen LogP contribution in [0.3, 0.4) is 0 Å². The third-order valence-corrected chi connectivity index (χ3v) is 8.03. The van der Waals surface area contributed by atoms with E-state index in [1.807, 2.05) is 0 Å². The van der Waals surface area contributed by atoms with Crippen molar-refractivity contribution in [1.82, 2.24) is 0 Å². The smallest absolute Gasteiger partial charge is 0.139 e. The van der Waals surface area contributed by atoms with Crippen LogP contribution in [0.15, 0.2) is 24.3 Å². The van der Waals surface area contributed by atoms with Crippen LogP contribution in [-0.4, -0.2) is 5.78 Å². The van der Waals surface area contributed by atoms with Crippen LogP contribution >= 0.6 is 0 Å². The van der Waals surface area contributed by atoms with E-state index in [9.17, 15) is 4.79 Å². The van der Waals surface area contributed by atoms with Crippen LogP contribution in [0.1, 0.15) is 65.2 Å². The molecule has 0 aromatic rings. The summed E-state index contributed by atoms with van der Waals surface area (Å²) in [6.45, 7) is 8.95. The standard InChI is InChI=1S/C21H30O/c1-4-21-12-9-14(2)13-15(21)5-6-16-17-7-8-19(22)20(17,3)11-10-18(16)21/h4-5,14,16-18H,1,6-13H2,2-3H3/t14-,16?,17?,18?,20-,21-/m0/s1. The molecule has 0 aromatic heterocycles. The average Bonchev–Trinajstić information content (AvgIpc) is 2.82. The van der Waals surface area contributed by atoms with Gasteiger partial charge in [0, 0.05) is 17.3 Å². The number of carbonyl (C=O) groups excluding carboxylic acids is 1. The van der Waals surface area contributed by atoms with Gasteiger partial charge in [0.1, 0.15) is 5.78 Å². The van der Waals surface area contributed by atoms with E-state index in [2.05, 4.69) is 32.6 Å². The molecule has 4 aliphatic carbocycles. The zero-order valence-corrected chi connectivity index (χ0v) is 14.2. The van der Waals surface area contributed by atoms with E-state index in [4.69, 9.17) is 0 Å². The molecule has 0 aromatic carbocycles. The molecule has 3 unspecified atom stereocenters. The molecule has 6 atom stereocenters. The number of hydrogen-bond donors (Lipinski definition) is 0. The fraction of sp³-hybridized carbons (Fsp3) is 0.762. The third-order valence-electron chi connectivity index (χ3n) is 8.03. The summed E-state index contributed by atoms with van der Waals surface area (Å²) in [6, 6.07) is 0. The molecular weight excluding hydrogens is 268 g/mol. The summed E-state index contributed by atoms with van der Waals surface area (Å²) in [5, 5.41) is 0. The Morgan fingerprint density at radius 2 is 2.05 bits per heavy atom. The van der Waals surface area contributed by atoms with Gasteiger partial charge in [-0.1, -0.05) is 31.6 Å². The minimum atomic E-state index is -0.00315. The number of Topliss-reactive ketones (excluding diaryl/α,β-unsaturated/α-hetero) is 1. The number of hydrogen-bond acceptors (Lipinski definition) is 1. The van der Waals surface area contributed by atoms with Crippen LogP contribution in [0.25, 0.3) is 0 Å². The first-order valence-electron chi connectivity index (χ1n) is 9.37. The summed E-state index contributed by atoms with van der Waals surface area (Å²) in [6.07, 6.45) is 14.3. The normalized spacial score (nSPS) is 50.6. The van der Waals surface area contributed by atoms with E-state index >= 15 is 0 Å². The third kappa shape index (κ3) is 1.74. The number of carbonyl (C=O) groups is 1. The lowest BCUT2D eigenvalue weighted by molar-refractivity contribution is -0.131. The highest BCUT2D eigenvalue weighted by atomic mass is 16.1. The Hall–Kier alpha value is -0.850. The first-order chi connectivity index (χ1) is 10.5. The highest BCUT2D eigenvalue weighted by Crippen LogP contribution is 2.64. The van der Waals surface area contributed by atoms with E-state index in [0.29, 0.717) is 11.7 Å². The van der Waals surface area contributed by atoms with Crippen molar-refractivity contribution in [3.8, 4) is 0 Å². The maximum atomic E-state index is 12.4. The Labute approximate surface area is 135 Å². The van der Waals surface area contributed by atoms with Gasteiger partial charge in [-0.05, 0) is 68.6 Å². The van der Waals surface area contributed by atoms with Gasteiger partial charge in [-0.3, -0.25) is 4.79 Å². The Bertz CT molecular complexity index is 544. The van der Waals surface area contributed by atoms with E-state index in [0.717, 1.165) is 37.0 Å². The molecule has 1 nitrogen and oxygen atoms in total. The molecule has 4 rings (SSSR count). The van der Waals surface area contributed by atoms with Gasteiger partial charge < -0.3 is 0 Å². The molecule has 0 bridgehead atoms. The number of fused-ring (bicyclic) bond motifs is 5. The quantitative estimate of drug-likeness (QED) is 0.599. The van der Waals surface area contributed by atoms with Gasteiger partial charge in [0.15, 0.2) is 0 Å². The fourth-order valence-corrected chi connectivity index (χ4v) is 6.70. The molecule has 0 N–H and O–H groups in total. The number of ketones is 1. The SMILES string of the molecule is C=C[C@]12CC[C@H](C)CC1=CCC1C2CC[C@]2(C)C(=O)CCC12. The first-order valence-corrected chi connectivity index (χ1v) is 9.37. The largest absolute Gasteiger partial charge is 0.299 e. The van der Waals surface area contributed by atoms with Crippen molar-refractivity contribution in [2.45, 2.75) is 65.2 Å². The summed E-state index contributed by atoms with van der Waals surface area (Å²) in [5.74, 6) is 3.49. The Balaban J connectivity index is 1.73. The summed E-state index contributed by atoms with van der Waals surface area (Å²) in [7, 11) is 0. The predicted octanol–water partition coefficient (Wildman–Crippen LogP) is 5.32. The molecule has 4 aliphatic rings. The second-order valence-corrected chi connectivity index (χ2v) is 8.85. The van der Waals surface area contributed by atoms with Gasteiger partial charge >= 0.3 is 0 Å². The summed E-state index contributed by atoms with van der Waals surface area (Å²) in [5.41, 5.74) is 1.95. The van der Waals surface area contributed by atoms with Crippen molar-refractivity contribution in [3.63, 3.8) is 0 Å². The maximum absolute atomic E-state index is 12.4. The van der Waals surface area contributed by atoms with E-state index < -0.39 is 0 Å². The van der Waals surface area contributed by atoms with Crippen molar-refractivity contribution in [1.29, 1.82) is 0 Å². The van der Waals surface area contributed by atoms with Gasteiger partial charge in [-0.25, -0.2) is 0 Å². The van der Waals surface area contributed by atoms with E-state index in [1.165, 1.54) is 32.1 Å². The number of rotatable bonds is 1. The Morgan fingerprint density at radius 1 is 1.23 bits per heavy atom. The molecule has 0 spiro atoms. The van der Waals surface area contributed by atoms with E-state index in [1.54, 1.807) is 5.57 Å². The number of allylic oxidation sites excluding steroid dienone is 3. The van der Waals surface area contributed by atoms with Gasteiger partial charge in [-0.15, -0.1) is 6.58 Å². The second kappa shape index (κ2) is 4.82. The van der Waals surface area contributed by atoms with E-state index in [-0.39, 0.29) is 10.8 Å². The predicted molar refractivity (Wildman–Crippen MR) is 90.4 cm³/mol. The van der Waals surface area contributed by atoms with Gasteiger partial charge in [0.25, 0.3) is 0 Å². The van der Waals surface area contributed by atoms with Crippen molar-refractivity contribution in [3.05, 3.63) is 24.3 Å². The van der Waals surface area contributed by atoms with Gasteiger partial charge in [0.05, 0.1) is 0 Å². The molecular formula is C21H30O. The molecule has 0 amide bonds. The molecule has 0 saturated heterocycles. The van der Waals surface area contributed by atoms with Crippen LogP contribution in [0.5, 0.6) is 0 Å². The lowest BCUT2D eigenvalue weighted by atomic mass is 9.47. The molecule has 0 radical (unpaired) electrons. The molecule has 1 heteroatoms. The van der Waals surface area contributed by atoms with Crippen molar-refractivity contribution >= 4 is 5.78 Å². The van der Waals surface area contributed by atoms with Crippen LogP contribution in [0.2, 0.25) is 0 Å². The topological polar surface area (TPSA) is 17.1 Å². The molecule has 22 heavy (non-hydrogen) atoms. The molecule has 3 fully saturated rings. The summed E-state index contributed by atoms with van der Waals surface area (Å²) < 4.78 is 0. The monoisotopic (exact) mass is 298 g/mol. The summed E-state index contributed by atoms with van der Waals surface area (Å²) in [4.78, 5) is 12.4. The van der Waals surface area contributed by atoms with Crippen LogP contribution in [0.4, 0.5) is 0 Å². The van der Waals surface area contributed by atoms with Crippen LogP contribution in [-0.2, 0) is 4.79 Å². The molecule has 3 saturated carbocycles. The highest BCUT2D eigenvalue weighted by Gasteiger charge is 2.58. The molecule has 120 valence electrons. The lowest BCUT2D eigenvalue weighted by Crippen LogP contribution is -2.50.